The van der Waals surface area contributed by atoms with Gasteiger partial charge in [-0.3, -0.25) is 0 Å². The van der Waals surface area contributed by atoms with Crippen LogP contribution in [0.4, 0.5) is 11.6 Å². The number of methoxy groups -OCH3 is 1. The molecule has 0 radical (unpaired) electrons. The molecule has 0 saturated heterocycles. The average Bonchev–Trinajstić information content (AvgIpc) is 2.90. The maximum atomic E-state index is 6.16. The van der Waals surface area contributed by atoms with Crippen LogP contribution in [-0.2, 0) is 0 Å². The predicted molar refractivity (Wildman–Crippen MR) is 77.1 cm³/mol. The number of fused-ring (bicyclic) bond motifs is 1. The van der Waals surface area contributed by atoms with Gasteiger partial charge >= 0.3 is 6.01 Å². The highest BCUT2D eigenvalue weighted by Crippen LogP contribution is 2.31. The van der Waals surface area contributed by atoms with Crippen molar-refractivity contribution in [2.24, 2.45) is 0 Å². The summed E-state index contributed by atoms with van der Waals surface area (Å²) in [6, 6.07) is 3.60. The lowest BCUT2D eigenvalue weighted by atomic mass is 10.2. The molecule has 102 valence electrons. The molecule has 0 amide bonds. The van der Waals surface area contributed by atoms with Crippen molar-refractivity contribution in [1.29, 1.82) is 0 Å². The average molecular weight is 329 g/mol. The van der Waals surface area contributed by atoms with Crippen molar-refractivity contribution in [2.45, 2.75) is 0 Å². The quantitative estimate of drug-likeness (QED) is 0.790. The third-order valence-corrected chi connectivity index (χ3v) is 3.41. The Morgan fingerprint density at radius 2 is 2.00 bits per heavy atom. The molecule has 1 N–H and O–H groups in total. The predicted octanol–water partition coefficient (Wildman–Crippen LogP) is 2.94. The summed E-state index contributed by atoms with van der Waals surface area (Å²) in [6.45, 7) is 0. The Bertz CT molecular complexity index is 780. The van der Waals surface area contributed by atoms with E-state index < -0.39 is 0 Å². The maximum absolute atomic E-state index is 6.16. The van der Waals surface area contributed by atoms with Gasteiger partial charge in [0.2, 0.25) is 11.2 Å². The number of halogens is 2. The fraction of sp³-hybridized carbons (Fsp3) is 0.100. The fourth-order valence-corrected chi connectivity index (χ4v) is 2.43. The van der Waals surface area contributed by atoms with Gasteiger partial charge in [-0.25, -0.2) is 0 Å². The molecule has 0 aliphatic carbocycles. The van der Waals surface area contributed by atoms with Gasteiger partial charge in [-0.1, -0.05) is 11.6 Å². The molecular weight excluding hydrogens is 323 g/mol. The zero-order chi connectivity index (χ0) is 14.1. The summed E-state index contributed by atoms with van der Waals surface area (Å²) >= 11 is 13.0. The van der Waals surface area contributed by atoms with Crippen molar-refractivity contribution in [2.75, 3.05) is 12.4 Å². The van der Waals surface area contributed by atoms with Gasteiger partial charge in [0.05, 0.1) is 29.5 Å². The first-order valence-electron chi connectivity index (χ1n) is 5.31. The molecule has 3 rings (SSSR count). The first-order chi connectivity index (χ1) is 9.67. The summed E-state index contributed by atoms with van der Waals surface area (Å²) < 4.78 is 13.3. The second-order valence-electron chi connectivity index (χ2n) is 3.59. The minimum absolute atomic E-state index is 0.0130. The standard InChI is InChI=1S/C10H6Cl2N6OS/c1-19-10-15-8(12)14-9(16-10)13-6-4(11)2-3-5-7(6)18-20-17-5/h2-3H,1H3,(H,13,14,15,16). The third-order valence-electron chi connectivity index (χ3n) is 2.38. The Kier molecular flexibility index (Phi) is 3.51. The van der Waals surface area contributed by atoms with Gasteiger partial charge in [0.25, 0.3) is 0 Å². The van der Waals surface area contributed by atoms with Gasteiger partial charge in [-0.2, -0.15) is 23.7 Å². The molecular formula is C10H6Cl2N6OS. The summed E-state index contributed by atoms with van der Waals surface area (Å²) in [6.07, 6.45) is 0. The summed E-state index contributed by atoms with van der Waals surface area (Å²) in [7, 11) is 1.44. The number of nitrogens with one attached hydrogen (secondary N) is 1. The number of anilines is 2. The first-order valence-corrected chi connectivity index (χ1v) is 6.79. The van der Waals surface area contributed by atoms with Crippen molar-refractivity contribution >= 4 is 57.6 Å². The molecule has 0 spiro atoms. The van der Waals surface area contributed by atoms with Gasteiger partial charge in [-0.05, 0) is 23.7 Å². The van der Waals surface area contributed by atoms with Crippen LogP contribution in [0.5, 0.6) is 6.01 Å². The molecule has 0 fully saturated rings. The van der Waals surface area contributed by atoms with Crippen LogP contribution in [-0.4, -0.2) is 30.8 Å². The van der Waals surface area contributed by atoms with Crippen molar-refractivity contribution in [3.63, 3.8) is 0 Å². The number of aromatic nitrogens is 5. The van der Waals surface area contributed by atoms with Crippen molar-refractivity contribution in [3.8, 4) is 6.01 Å². The van der Waals surface area contributed by atoms with E-state index in [1.807, 2.05) is 0 Å². The molecule has 0 bridgehead atoms. The van der Waals surface area contributed by atoms with E-state index in [1.165, 1.54) is 7.11 Å². The van der Waals surface area contributed by atoms with Gasteiger partial charge in [0.1, 0.15) is 11.0 Å². The van der Waals surface area contributed by atoms with Crippen molar-refractivity contribution in [1.82, 2.24) is 23.7 Å². The lowest BCUT2D eigenvalue weighted by molar-refractivity contribution is 0.379. The molecule has 1 aromatic carbocycles. The third kappa shape index (κ3) is 2.45. The van der Waals surface area contributed by atoms with Crippen LogP contribution in [0.1, 0.15) is 0 Å². The number of ether oxygens (including phenoxy) is 1. The van der Waals surface area contributed by atoms with Crippen molar-refractivity contribution in [3.05, 3.63) is 22.4 Å². The Morgan fingerprint density at radius 1 is 1.15 bits per heavy atom. The minimum atomic E-state index is 0.0130. The molecule has 2 heterocycles. The van der Waals surface area contributed by atoms with Crippen LogP contribution in [0.25, 0.3) is 11.0 Å². The van der Waals surface area contributed by atoms with E-state index in [0.29, 0.717) is 16.2 Å². The van der Waals surface area contributed by atoms with Crippen LogP contribution in [0.2, 0.25) is 10.3 Å². The molecule has 10 heteroatoms. The Balaban J connectivity index is 2.07. The zero-order valence-corrected chi connectivity index (χ0v) is 12.3. The van der Waals surface area contributed by atoms with E-state index >= 15 is 0 Å². The number of hydrogen-bond acceptors (Lipinski definition) is 8. The summed E-state index contributed by atoms with van der Waals surface area (Å²) in [4.78, 5) is 11.8. The van der Waals surface area contributed by atoms with Gasteiger partial charge in [0.15, 0.2) is 0 Å². The SMILES string of the molecule is COc1nc(Cl)nc(Nc2c(Cl)ccc3nsnc23)n1. The Labute approximate surface area is 127 Å². The highest BCUT2D eigenvalue weighted by atomic mass is 35.5. The summed E-state index contributed by atoms with van der Waals surface area (Å²) in [5.41, 5.74) is 1.93. The molecule has 0 atom stereocenters. The number of rotatable bonds is 3. The second kappa shape index (κ2) is 5.31. The van der Waals surface area contributed by atoms with Crippen LogP contribution < -0.4 is 10.1 Å². The van der Waals surface area contributed by atoms with Crippen LogP contribution in [0.15, 0.2) is 12.1 Å². The van der Waals surface area contributed by atoms with Crippen LogP contribution in [0.3, 0.4) is 0 Å². The van der Waals surface area contributed by atoms with E-state index in [1.54, 1.807) is 12.1 Å². The van der Waals surface area contributed by atoms with Gasteiger partial charge < -0.3 is 10.1 Å². The lowest BCUT2D eigenvalue weighted by Gasteiger charge is -2.08. The van der Waals surface area contributed by atoms with Crippen molar-refractivity contribution < 1.29 is 4.74 Å². The molecule has 0 aliphatic rings. The highest BCUT2D eigenvalue weighted by Gasteiger charge is 2.13. The van der Waals surface area contributed by atoms with E-state index in [9.17, 15) is 0 Å². The largest absolute Gasteiger partial charge is 0.467 e. The number of nitrogens with zero attached hydrogens (tertiary/aromatic N) is 5. The topological polar surface area (TPSA) is 85.7 Å². The van der Waals surface area contributed by atoms with Gasteiger partial charge in [-0.15, -0.1) is 0 Å². The monoisotopic (exact) mass is 328 g/mol. The molecule has 0 saturated carbocycles. The van der Waals surface area contributed by atoms with E-state index in [-0.39, 0.29) is 17.2 Å². The van der Waals surface area contributed by atoms with Crippen LogP contribution in [0, 0.1) is 0 Å². The second-order valence-corrected chi connectivity index (χ2v) is 4.87. The molecule has 20 heavy (non-hydrogen) atoms. The van der Waals surface area contributed by atoms with E-state index in [2.05, 4.69) is 29.0 Å². The van der Waals surface area contributed by atoms with Gasteiger partial charge in [0, 0.05) is 0 Å². The lowest BCUT2D eigenvalue weighted by Crippen LogP contribution is -2.02. The smallest absolute Gasteiger partial charge is 0.322 e. The summed E-state index contributed by atoms with van der Waals surface area (Å²) in [5.74, 6) is 0.212. The maximum Gasteiger partial charge on any atom is 0.322 e. The minimum Gasteiger partial charge on any atom is -0.467 e. The molecule has 0 aliphatic heterocycles. The highest BCUT2D eigenvalue weighted by molar-refractivity contribution is 7.00. The molecule has 0 unspecified atom stereocenters. The first kappa shape index (κ1) is 13.2. The molecule has 7 nitrogen and oxygen atoms in total. The molecule has 2 aromatic heterocycles. The normalized spacial score (nSPS) is 10.8. The summed E-state index contributed by atoms with van der Waals surface area (Å²) in [5, 5.41) is 3.45. The number of benzene rings is 1. The Morgan fingerprint density at radius 3 is 2.80 bits per heavy atom. The van der Waals surface area contributed by atoms with E-state index in [4.69, 9.17) is 27.9 Å². The Hall–Kier alpha value is -1.77. The van der Waals surface area contributed by atoms with E-state index in [0.717, 1.165) is 17.2 Å². The molecule has 3 aromatic rings. The fourth-order valence-electron chi connectivity index (χ4n) is 1.54. The van der Waals surface area contributed by atoms with Crippen LogP contribution >= 0.6 is 34.9 Å². The number of hydrogen-bond donors (Lipinski definition) is 1. The zero-order valence-electron chi connectivity index (χ0n) is 9.96.